The van der Waals surface area contributed by atoms with Gasteiger partial charge in [-0.15, -0.1) is 0 Å². The zero-order valence-electron chi connectivity index (χ0n) is 10.4. The van der Waals surface area contributed by atoms with E-state index < -0.39 is 0 Å². The predicted molar refractivity (Wildman–Crippen MR) is 80.9 cm³/mol. The van der Waals surface area contributed by atoms with Crippen molar-refractivity contribution in [3.05, 3.63) is 62.5 Å². The van der Waals surface area contributed by atoms with Crippen molar-refractivity contribution in [3.8, 4) is 0 Å². The standard InChI is InChI=1S/C15H14INO/c1-10-7-11(2)15(17-9-10)14(18)8-12-3-5-13(16)6-4-12/h3-7,9H,8H2,1-2H3. The van der Waals surface area contributed by atoms with Crippen LogP contribution in [0.4, 0.5) is 0 Å². The molecule has 0 N–H and O–H groups in total. The van der Waals surface area contributed by atoms with E-state index in [9.17, 15) is 4.79 Å². The van der Waals surface area contributed by atoms with E-state index in [1.807, 2.05) is 44.2 Å². The van der Waals surface area contributed by atoms with E-state index in [0.717, 1.165) is 16.7 Å². The van der Waals surface area contributed by atoms with Gasteiger partial charge in [0.05, 0.1) is 0 Å². The topological polar surface area (TPSA) is 30.0 Å². The number of benzene rings is 1. The quantitative estimate of drug-likeness (QED) is 0.623. The van der Waals surface area contributed by atoms with E-state index in [4.69, 9.17) is 0 Å². The molecule has 0 saturated carbocycles. The van der Waals surface area contributed by atoms with Crippen molar-refractivity contribution in [3.63, 3.8) is 0 Å². The second-order valence-corrected chi connectivity index (χ2v) is 5.65. The van der Waals surface area contributed by atoms with Crippen LogP contribution in [-0.4, -0.2) is 10.8 Å². The van der Waals surface area contributed by atoms with Crippen molar-refractivity contribution in [2.75, 3.05) is 0 Å². The van der Waals surface area contributed by atoms with Crippen molar-refractivity contribution in [2.45, 2.75) is 20.3 Å². The molecule has 3 heteroatoms. The molecular formula is C15H14INO. The molecule has 0 aliphatic rings. The first-order valence-corrected chi connectivity index (χ1v) is 6.85. The first kappa shape index (κ1) is 13.2. The van der Waals surface area contributed by atoms with Crippen molar-refractivity contribution >= 4 is 28.4 Å². The Morgan fingerprint density at radius 1 is 1.22 bits per heavy atom. The molecule has 2 aromatic rings. The highest BCUT2D eigenvalue weighted by Gasteiger charge is 2.11. The van der Waals surface area contributed by atoms with Crippen molar-refractivity contribution < 1.29 is 4.79 Å². The van der Waals surface area contributed by atoms with Gasteiger partial charge in [-0.2, -0.15) is 0 Å². The van der Waals surface area contributed by atoms with Crippen molar-refractivity contribution in [1.82, 2.24) is 4.98 Å². The maximum Gasteiger partial charge on any atom is 0.185 e. The summed E-state index contributed by atoms with van der Waals surface area (Å²) in [7, 11) is 0. The molecule has 0 atom stereocenters. The molecule has 1 aromatic carbocycles. The Hall–Kier alpha value is -1.23. The number of rotatable bonds is 3. The zero-order chi connectivity index (χ0) is 13.1. The summed E-state index contributed by atoms with van der Waals surface area (Å²) < 4.78 is 1.17. The van der Waals surface area contributed by atoms with E-state index in [1.54, 1.807) is 6.20 Å². The van der Waals surface area contributed by atoms with Crippen LogP contribution >= 0.6 is 22.6 Å². The van der Waals surface area contributed by atoms with E-state index in [2.05, 4.69) is 27.6 Å². The Kier molecular flexibility index (Phi) is 4.11. The number of pyridine rings is 1. The highest BCUT2D eigenvalue weighted by Crippen LogP contribution is 2.12. The summed E-state index contributed by atoms with van der Waals surface area (Å²) in [5.41, 5.74) is 3.64. The Balaban J connectivity index is 2.19. The van der Waals surface area contributed by atoms with Gasteiger partial charge in [-0.3, -0.25) is 9.78 Å². The van der Waals surface area contributed by atoms with E-state index in [0.29, 0.717) is 12.1 Å². The Morgan fingerprint density at radius 2 is 1.89 bits per heavy atom. The molecule has 0 bridgehead atoms. The number of Topliss-reactive ketones (excluding diaryl/α,β-unsaturated/α-hetero) is 1. The van der Waals surface area contributed by atoms with Crippen molar-refractivity contribution in [2.24, 2.45) is 0 Å². The molecule has 0 amide bonds. The highest BCUT2D eigenvalue weighted by molar-refractivity contribution is 14.1. The van der Waals surface area contributed by atoms with Gasteiger partial charge in [-0.05, 0) is 65.3 Å². The van der Waals surface area contributed by atoms with Gasteiger partial charge < -0.3 is 0 Å². The number of nitrogens with zero attached hydrogens (tertiary/aromatic N) is 1. The third-order valence-electron chi connectivity index (χ3n) is 2.76. The molecule has 2 rings (SSSR count). The number of aromatic nitrogens is 1. The molecule has 92 valence electrons. The predicted octanol–water partition coefficient (Wildman–Crippen LogP) is 3.73. The van der Waals surface area contributed by atoms with Crippen LogP contribution in [0.15, 0.2) is 36.5 Å². The second-order valence-electron chi connectivity index (χ2n) is 4.40. The summed E-state index contributed by atoms with van der Waals surface area (Å²) in [5.74, 6) is 0.0775. The number of carbonyl (C=O) groups is 1. The van der Waals surface area contributed by atoms with Gasteiger partial charge in [0.15, 0.2) is 5.78 Å². The lowest BCUT2D eigenvalue weighted by molar-refractivity contribution is 0.0987. The molecule has 0 fully saturated rings. The minimum atomic E-state index is 0.0775. The maximum atomic E-state index is 12.2. The van der Waals surface area contributed by atoms with Crippen LogP contribution in [0.1, 0.15) is 27.2 Å². The monoisotopic (exact) mass is 351 g/mol. The van der Waals surface area contributed by atoms with Crippen molar-refractivity contribution in [1.29, 1.82) is 0 Å². The van der Waals surface area contributed by atoms with Gasteiger partial charge in [0.2, 0.25) is 0 Å². The molecule has 18 heavy (non-hydrogen) atoms. The molecule has 0 spiro atoms. The highest BCUT2D eigenvalue weighted by atomic mass is 127. The minimum Gasteiger partial charge on any atom is -0.292 e. The maximum absolute atomic E-state index is 12.2. The van der Waals surface area contributed by atoms with Gasteiger partial charge in [-0.25, -0.2) is 0 Å². The Labute approximate surface area is 121 Å². The average molecular weight is 351 g/mol. The van der Waals surface area contributed by atoms with Crippen LogP contribution in [0.25, 0.3) is 0 Å². The van der Waals surface area contributed by atoms with E-state index in [-0.39, 0.29) is 5.78 Å². The number of halogens is 1. The lowest BCUT2D eigenvalue weighted by atomic mass is 10.0. The fourth-order valence-electron chi connectivity index (χ4n) is 1.88. The van der Waals surface area contributed by atoms with Gasteiger partial charge in [-0.1, -0.05) is 18.2 Å². The average Bonchev–Trinajstić information content (AvgIpc) is 2.32. The summed E-state index contributed by atoms with van der Waals surface area (Å²) in [6.45, 7) is 3.91. The first-order chi connectivity index (χ1) is 8.56. The van der Waals surface area contributed by atoms with E-state index in [1.165, 1.54) is 3.57 Å². The molecule has 0 aliphatic carbocycles. The van der Waals surface area contributed by atoms with Gasteiger partial charge in [0, 0.05) is 16.2 Å². The van der Waals surface area contributed by atoms with Crippen LogP contribution in [0.2, 0.25) is 0 Å². The summed E-state index contributed by atoms with van der Waals surface area (Å²) >= 11 is 2.25. The number of hydrogen-bond acceptors (Lipinski definition) is 2. The number of aryl methyl sites for hydroxylation is 2. The van der Waals surface area contributed by atoms with Crippen LogP contribution < -0.4 is 0 Å². The van der Waals surface area contributed by atoms with Crippen LogP contribution in [0.3, 0.4) is 0 Å². The normalized spacial score (nSPS) is 10.4. The van der Waals surface area contributed by atoms with Crippen LogP contribution in [0.5, 0.6) is 0 Å². The summed E-state index contributed by atoms with van der Waals surface area (Å²) in [6, 6.07) is 10.00. The minimum absolute atomic E-state index is 0.0775. The fourth-order valence-corrected chi connectivity index (χ4v) is 2.24. The summed E-state index contributed by atoms with van der Waals surface area (Å²) in [4.78, 5) is 16.4. The fraction of sp³-hybridized carbons (Fsp3) is 0.200. The SMILES string of the molecule is Cc1cnc(C(=O)Cc2ccc(I)cc2)c(C)c1. The van der Waals surface area contributed by atoms with Gasteiger partial charge >= 0.3 is 0 Å². The first-order valence-electron chi connectivity index (χ1n) is 5.77. The second kappa shape index (κ2) is 5.61. The molecule has 0 radical (unpaired) electrons. The molecule has 1 aromatic heterocycles. The van der Waals surface area contributed by atoms with Gasteiger partial charge in [0.1, 0.15) is 5.69 Å². The lowest BCUT2D eigenvalue weighted by Crippen LogP contribution is -2.08. The Morgan fingerprint density at radius 3 is 2.50 bits per heavy atom. The molecule has 0 unspecified atom stereocenters. The van der Waals surface area contributed by atoms with Gasteiger partial charge in [0.25, 0.3) is 0 Å². The van der Waals surface area contributed by atoms with Crippen LogP contribution in [0, 0.1) is 17.4 Å². The summed E-state index contributed by atoms with van der Waals surface area (Å²) in [6.07, 6.45) is 2.15. The number of carbonyl (C=O) groups excluding carboxylic acids is 1. The molecule has 0 aliphatic heterocycles. The smallest absolute Gasteiger partial charge is 0.185 e. The third-order valence-corrected chi connectivity index (χ3v) is 3.48. The van der Waals surface area contributed by atoms with E-state index >= 15 is 0 Å². The molecule has 2 nitrogen and oxygen atoms in total. The Bertz CT molecular complexity index is 576. The molecule has 1 heterocycles. The molecular weight excluding hydrogens is 337 g/mol. The summed E-state index contributed by atoms with van der Waals surface area (Å²) in [5, 5.41) is 0. The number of ketones is 1. The zero-order valence-corrected chi connectivity index (χ0v) is 12.6. The lowest BCUT2D eigenvalue weighted by Gasteiger charge is -2.05. The third kappa shape index (κ3) is 3.16. The largest absolute Gasteiger partial charge is 0.292 e. The number of hydrogen-bond donors (Lipinski definition) is 0. The van der Waals surface area contributed by atoms with Crippen LogP contribution in [-0.2, 0) is 6.42 Å². The molecule has 0 saturated heterocycles.